The van der Waals surface area contributed by atoms with E-state index in [1.165, 1.54) is 4.88 Å². The average molecular weight is 307 g/mol. The van der Waals surface area contributed by atoms with E-state index in [4.69, 9.17) is 19.9 Å². The molecule has 114 valence electrons. The summed E-state index contributed by atoms with van der Waals surface area (Å²) in [7, 11) is 3.26. The Bertz CT molecular complexity index is 530. The van der Waals surface area contributed by atoms with Gasteiger partial charge in [0.2, 0.25) is 5.75 Å². The lowest BCUT2D eigenvalue weighted by atomic mass is 10.1. The maximum atomic E-state index is 5.88. The minimum Gasteiger partial charge on any atom is -0.493 e. The van der Waals surface area contributed by atoms with Gasteiger partial charge < -0.3 is 19.9 Å². The van der Waals surface area contributed by atoms with Crippen LogP contribution in [-0.4, -0.2) is 27.4 Å². The minimum absolute atomic E-state index is 0.587. The monoisotopic (exact) mass is 307 g/mol. The fraction of sp³-hybridized carbons (Fsp3) is 0.375. The number of rotatable bonds is 8. The average Bonchev–Trinajstić information content (AvgIpc) is 3.01. The van der Waals surface area contributed by atoms with Gasteiger partial charge in [0.1, 0.15) is 0 Å². The number of nitrogens with two attached hydrogens (primary N) is 1. The summed E-state index contributed by atoms with van der Waals surface area (Å²) in [4.78, 5) is 1.30. The smallest absolute Gasteiger partial charge is 0.203 e. The van der Waals surface area contributed by atoms with E-state index in [0.29, 0.717) is 30.4 Å². The predicted octanol–water partition coefficient (Wildman–Crippen LogP) is 2.89. The van der Waals surface area contributed by atoms with E-state index in [2.05, 4.69) is 11.4 Å². The van der Waals surface area contributed by atoms with E-state index >= 15 is 0 Å². The fourth-order valence-electron chi connectivity index (χ4n) is 2.10. The molecule has 0 fully saturated rings. The third-order valence-corrected chi connectivity index (χ3v) is 4.06. The summed E-state index contributed by atoms with van der Waals surface area (Å²) in [6, 6.07) is 8.06. The van der Waals surface area contributed by atoms with Crippen LogP contribution < -0.4 is 19.9 Å². The predicted molar refractivity (Wildman–Crippen MR) is 85.8 cm³/mol. The van der Waals surface area contributed by atoms with Crippen molar-refractivity contribution in [3.8, 4) is 17.2 Å². The molecule has 0 saturated carbocycles. The molecule has 0 atom stereocenters. The molecule has 2 rings (SSSR count). The molecule has 1 aromatic carbocycles. The summed E-state index contributed by atoms with van der Waals surface area (Å²) < 4.78 is 16.7. The van der Waals surface area contributed by atoms with Gasteiger partial charge in [0.25, 0.3) is 0 Å². The highest BCUT2D eigenvalue weighted by Crippen LogP contribution is 2.38. The second-order valence-corrected chi connectivity index (χ2v) is 5.58. The van der Waals surface area contributed by atoms with Gasteiger partial charge in [0, 0.05) is 11.3 Å². The molecule has 2 N–H and O–H groups in total. The van der Waals surface area contributed by atoms with E-state index in [1.54, 1.807) is 25.6 Å². The van der Waals surface area contributed by atoms with Gasteiger partial charge in [0.05, 0.1) is 20.8 Å². The van der Waals surface area contributed by atoms with Crippen LogP contribution in [0, 0.1) is 0 Å². The van der Waals surface area contributed by atoms with Crippen molar-refractivity contribution in [3.05, 3.63) is 40.1 Å². The highest BCUT2D eigenvalue weighted by Gasteiger charge is 2.14. The molecular weight excluding hydrogens is 286 g/mol. The first-order chi connectivity index (χ1) is 10.3. The first-order valence-electron chi connectivity index (χ1n) is 6.88. The quantitative estimate of drug-likeness (QED) is 0.815. The Hall–Kier alpha value is -1.72. The van der Waals surface area contributed by atoms with Gasteiger partial charge in [-0.2, -0.15) is 0 Å². The molecule has 0 radical (unpaired) electrons. The van der Waals surface area contributed by atoms with Crippen molar-refractivity contribution in [1.82, 2.24) is 0 Å². The van der Waals surface area contributed by atoms with Crippen molar-refractivity contribution in [3.63, 3.8) is 0 Å². The first-order valence-corrected chi connectivity index (χ1v) is 7.76. The molecule has 4 nitrogen and oxygen atoms in total. The summed E-state index contributed by atoms with van der Waals surface area (Å²) in [5, 5.41) is 2.07. The van der Waals surface area contributed by atoms with Gasteiger partial charge in [0.15, 0.2) is 11.5 Å². The number of hydrogen-bond acceptors (Lipinski definition) is 5. The fourth-order valence-corrected chi connectivity index (χ4v) is 2.79. The number of thiophene rings is 1. The Morgan fingerprint density at radius 1 is 1.10 bits per heavy atom. The van der Waals surface area contributed by atoms with Crippen LogP contribution in [0.5, 0.6) is 17.2 Å². The zero-order valence-corrected chi connectivity index (χ0v) is 13.2. The maximum absolute atomic E-state index is 5.88. The molecule has 0 amide bonds. The van der Waals surface area contributed by atoms with E-state index < -0.39 is 0 Å². The zero-order valence-electron chi connectivity index (χ0n) is 12.4. The normalized spacial score (nSPS) is 10.4. The topological polar surface area (TPSA) is 53.7 Å². The van der Waals surface area contributed by atoms with Crippen molar-refractivity contribution < 1.29 is 14.2 Å². The molecule has 1 aromatic heterocycles. The second kappa shape index (κ2) is 7.90. The standard InChI is InChI=1S/C16H21NO3S/c1-18-14-10-12(5-7-17)11-15(19-2)16(14)20-8-6-13-4-3-9-21-13/h3-4,9-11H,5-8,17H2,1-2H3. The Morgan fingerprint density at radius 2 is 1.81 bits per heavy atom. The lowest BCUT2D eigenvalue weighted by molar-refractivity contribution is 0.278. The third kappa shape index (κ3) is 4.12. The summed E-state index contributed by atoms with van der Waals surface area (Å²) in [6.07, 6.45) is 1.65. The van der Waals surface area contributed by atoms with E-state index in [1.807, 2.05) is 18.2 Å². The van der Waals surface area contributed by atoms with E-state index in [-0.39, 0.29) is 0 Å². The molecule has 1 heterocycles. The van der Waals surface area contributed by atoms with Gasteiger partial charge in [-0.3, -0.25) is 0 Å². The number of methoxy groups -OCH3 is 2. The van der Waals surface area contributed by atoms with Gasteiger partial charge in [-0.15, -0.1) is 11.3 Å². The summed E-state index contributed by atoms with van der Waals surface area (Å²) in [5.74, 6) is 2.02. The Balaban J connectivity index is 2.12. The van der Waals surface area contributed by atoms with Gasteiger partial charge >= 0.3 is 0 Å². The second-order valence-electron chi connectivity index (χ2n) is 4.55. The van der Waals surface area contributed by atoms with Crippen molar-refractivity contribution in [2.75, 3.05) is 27.4 Å². The van der Waals surface area contributed by atoms with Crippen LogP contribution in [0.1, 0.15) is 10.4 Å². The van der Waals surface area contributed by atoms with Gasteiger partial charge in [-0.25, -0.2) is 0 Å². The number of hydrogen-bond donors (Lipinski definition) is 1. The molecule has 0 aliphatic carbocycles. The first kappa shape index (κ1) is 15.7. The van der Waals surface area contributed by atoms with Crippen molar-refractivity contribution >= 4 is 11.3 Å². The van der Waals surface area contributed by atoms with Crippen molar-refractivity contribution in [2.24, 2.45) is 5.73 Å². The highest BCUT2D eigenvalue weighted by molar-refractivity contribution is 7.09. The SMILES string of the molecule is COc1cc(CCN)cc(OC)c1OCCc1cccs1. The van der Waals surface area contributed by atoms with E-state index in [9.17, 15) is 0 Å². The summed E-state index contributed by atoms with van der Waals surface area (Å²) in [6.45, 7) is 1.17. The lowest BCUT2D eigenvalue weighted by Gasteiger charge is -2.16. The molecule has 0 unspecified atom stereocenters. The molecule has 2 aromatic rings. The van der Waals surface area contributed by atoms with Crippen LogP contribution in [0.2, 0.25) is 0 Å². The highest BCUT2D eigenvalue weighted by atomic mass is 32.1. The largest absolute Gasteiger partial charge is 0.493 e. The number of ether oxygens (including phenoxy) is 3. The molecule has 21 heavy (non-hydrogen) atoms. The molecule has 0 spiro atoms. The molecule has 0 aliphatic rings. The van der Waals surface area contributed by atoms with Crippen LogP contribution >= 0.6 is 11.3 Å². The van der Waals surface area contributed by atoms with Crippen LogP contribution in [0.15, 0.2) is 29.6 Å². The molecule has 0 bridgehead atoms. The van der Waals surface area contributed by atoms with Crippen LogP contribution in [0.25, 0.3) is 0 Å². The Labute approximate surface area is 129 Å². The van der Waals surface area contributed by atoms with Crippen LogP contribution in [0.4, 0.5) is 0 Å². The molecule has 5 heteroatoms. The Kier molecular flexibility index (Phi) is 5.90. The minimum atomic E-state index is 0.587. The lowest BCUT2D eigenvalue weighted by Crippen LogP contribution is -2.06. The van der Waals surface area contributed by atoms with E-state index in [0.717, 1.165) is 18.4 Å². The zero-order chi connectivity index (χ0) is 15.1. The maximum Gasteiger partial charge on any atom is 0.203 e. The number of benzene rings is 1. The van der Waals surface area contributed by atoms with Crippen molar-refractivity contribution in [2.45, 2.75) is 12.8 Å². The molecule has 0 saturated heterocycles. The summed E-state index contributed by atoms with van der Waals surface area (Å²) >= 11 is 1.73. The molecular formula is C16H21NO3S. The third-order valence-electron chi connectivity index (χ3n) is 3.13. The Morgan fingerprint density at radius 3 is 2.33 bits per heavy atom. The summed E-state index contributed by atoms with van der Waals surface area (Å²) in [5.41, 5.74) is 6.68. The van der Waals surface area contributed by atoms with Crippen molar-refractivity contribution in [1.29, 1.82) is 0 Å². The van der Waals surface area contributed by atoms with Crippen LogP contribution in [0.3, 0.4) is 0 Å². The molecule has 0 aliphatic heterocycles. The van der Waals surface area contributed by atoms with Gasteiger partial charge in [-0.05, 0) is 42.1 Å². The van der Waals surface area contributed by atoms with Crippen LogP contribution in [-0.2, 0) is 12.8 Å². The van der Waals surface area contributed by atoms with Gasteiger partial charge in [-0.1, -0.05) is 6.07 Å².